The molecular formula is C13H17BrO2. The van der Waals surface area contributed by atoms with E-state index in [0.717, 1.165) is 5.57 Å². The molecule has 0 saturated carbocycles. The van der Waals surface area contributed by atoms with Gasteiger partial charge in [-0.1, -0.05) is 41.7 Å². The molecule has 88 valence electrons. The van der Waals surface area contributed by atoms with Crippen molar-refractivity contribution in [1.29, 1.82) is 0 Å². The van der Waals surface area contributed by atoms with Gasteiger partial charge in [-0.2, -0.15) is 0 Å². The van der Waals surface area contributed by atoms with E-state index in [9.17, 15) is 0 Å². The zero-order valence-electron chi connectivity index (χ0n) is 9.75. The first-order chi connectivity index (χ1) is 7.43. The highest BCUT2D eigenvalue weighted by molar-refractivity contribution is 9.09. The van der Waals surface area contributed by atoms with E-state index in [1.165, 1.54) is 0 Å². The van der Waals surface area contributed by atoms with Crippen LogP contribution in [0.15, 0.2) is 49.0 Å². The number of alkyl halides is 1. The standard InChI is InChI=1S/C13H17BrO2/c1-6-11-7-9(2)16-10(3)8-12(14)13(11,4)15-5/h6-7,12H,1-3,8H2,4-5H3/b11-7-. The van der Waals surface area contributed by atoms with Gasteiger partial charge in [-0.25, -0.2) is 0 Å². The van der Waals surface area contributed by atoms with Crippen LogP contribution in [0.4, 0.5) is 0 Å². The minimum absolute atomic E-state index is 0.0786. The molecule has 1 rings (SSSR count). The predicted molar refractivity (Wildman–Crippen MR) is 70.4 cm³/mol. The van der Waals surface area contributed by atoms with Gasteiger partial charge in [0.15, 0.2) is 0 Å². The largest absolute Gasteiger partial charge is 0.463 e. The minimum Gasteiger partial charge on any atom is -0.463 e. The molecule has 1 aliphatic rings. The quantitative estimate of drug-likeness (QED) is 0.720. The highest BCUT2D eigenvalue weighted by atomic mass is 79.9. The summed E-state index contributed by atoms with van der Waals surface area (Å²) in [6.07, 6.45) is 4.25. The Hall–Kier alpha value is -0.800. The molecule has 2 unspecified atom stereocenters. The summed E-state index contributed by atoms with van der Waals surface area (Å²) in [5.41, 5.74) is 0.478. The van der Waals surface area contributed by atoms with Crippen LogP contribution in [0.2, 0.25) is 0 Å². The number of rotatable bonds is 2. The van der Waals surface area contributed by atoms with E-state index in [1.807, 2.05) is 13.0 Å². The first-order valence-corrected chi connectivity index (χ1v) is 5.94. The van der Waals surface area contributed by atoms with Crippen molar-refractivity contribution in [3.8, 4) is 0 Å². The van der Waals surface area contributed by atoms with Gasteiger partial charge in [-0.15, -0.1) is 0 Å². The molecule has 0 aromatic carbocycles. The molecule has 1 aliphatic heterocycles. The summed E-state index contributed by atoms with van der Waals surface area (Å²) < 4.78 is 11.0. The Bertz CT molecular complexity index is 357. The molecule has 0 aromatic rings. The zero-order chi connectivity index (χ0) is 12.3. The van der Waals surface area contributed by atoms with Gasteiger partial charge >= 0.3 is 0 Å². The Labute approximate surface area is 105 Å². The van der Waals surface area contributed by atoms with Crippen LogP contribution in [0.5, 0.6) is 0 Å². The third-order valence-corrected chi connectivity index (χ3v) is 4.01. The second-order valence-electron chi connectivity index (χ2n) is 3.89. The van der Waals surface area contributed by atoms with Crippen LogP contribution in [-0.4, -0.2) is 17.5 Å². The van der Waals surface area contributed by atoms with Crippen molar-refractivity contribution in [2.45, 2.75) is 23.8 Å². The molecule has 0 spiro atoms. The predicted octanol–water partition coefficient (Wildman–Crippen LogP) is 3.72. The van der Waals surface area contributed by atoms with Gasteiger partial charge in [0.1, 0.15) is 11.4 Å². The number of hydrogen-bond acceptors (Lipinski definition) is 2. The van der Waals surface area contributed by atoms with Crippen LogP contribution in [-0.2, 0) is 9.47 Å². The topological polar surface area (TPSA) is 18.5 Å². The van der Waals surface area contributed by atoms with Crippen molar-refractivity contribution in [3.63, 3.8) is 0 Å². The van der Waals surface area contributed by atoms with Crippen LogP contribution in [0.1, 0.15) is 13.3 Å². The molecular weight excluding hydrogens is 268 g/mol. The Balaban J connectivity index is 3.23. The van der Waals surface area contributed by atoms with Crippen molar-refractivity contribution in [2.75, 3.05) is 7.11 Å². The lowest BCUT2D eigenvalue weighted by atomic mass is 9.88. The van der Waals surface area contributed by atoms with Crippen molar-refractivity contribution in [1.82, 2.24) is 0 Å². The van der Waals surface area contributed by atoms with Crippen LogP contribution >= 0.6 is 15.9 Å². The average molecular weight is 285 g/mol. The molecule has 0 aromatic heterocycles. The smallest absolute Gasteiger partial charge is 0.120 e. The summed E-state index contributed by atoms with van der Waals surface area (Å²) in [5.74, 6) is 1.23. The third-order valence-electron chi connectivity index (χ3n) is 2.81. The highest BCUT2D eigenvalue weighted by Gasteiger charge is 2.37. The molecule has 2 nitrogen and oxygen atoms in total. The van der Waals surface area contributed by atoms with E-state index in [2.05, 4.69) is 35.7 Å². The van der Waals surface area contributed by atoms with E-state index in [4.69, 9.17) is 9.47 Å². The first-order valence-electron chi connectivity index (χ1n) is 5.02. The molecule has 2 atom stereocenters. The van der Waals surface area contributed by atoms with Gasteiger partial charge in [0.25, 0.3) is 0 Å². The van der Waals surface area contributed by atoms with Gasteiger partial charge in [0.2, 0.25) is 0 Å². The Morgan fingerprint density at radius 1 is 1.62 bits per heavy atom. The lowest BCUT2D eigenvalue weighted by Crippen LogP contribution is -2.40. The Kier molecular flexibility index (Phi) is 4.16. The minimum atomic E-state index is -0.461. The summed E-state index contributed by atoms with van der Waals surface area (Å²) in [5, 5.41) is 0. The summed E-state index contributed by atoms with van der Waals surface area (Å²) in [4.78, 5) is 0.0786. The molecule has 0 N–H and O–H groups in total. The normalized spacial score (nSPS) is 34.4. The SMILES string of the molecule is C=C/C1=C/C(=C)OC(=C)CC(Br)C1(C)OC. The molecule has 3 heteroatoms. The van der Waals surface area contributed by atoms with Gasteiger partial charge in [0, 0.05) is 13.5 Å². The van der Waals surface area contributed by atoms with Gasteiger partial charge in [-0.05, 0) is 18.6 Å². The van der Waals surface area contributed by atoms with E-state index >= 15 is 0 Å². The lowest BCUT2D eigenvalue weighted by molar-refractivity contribution is 0.0364. The van der Waals surface area contributed by atoms with Gasteiger partial charge in [-0.3, -0.25) is 0 Å². The van der Waals surface area contributed by atoms with E-state index < -0.39 is 5.60 Å². The van der Waals surface area contributed by atoms with Crippen molar-refractivity contribution in [3.05, 3.63) is 49.0 Å². The fourth-order valence-corrected chi connectivity index (χ4v) is 2.47. The van der Waals surface area contributed by atoms with Crippen LogP contribution in [0, 0.1) is 0 Å². The number of halogens is 1. The zero-order valence-corrected chi connectivity index (χ0v) is 11.3. The molecule has 1 heterocycles. The van der Waals surface area contributed by atoms with Gasteiger partial charge in [0.05, 0.1) is 10.6 Å². The maximum absolute atomic E-state index is 5.60. The third kappa shape index (κ3) is 2.47. The summed E-state index contributed by atoms with van der Waals surface area (Å²) in [7, 11) is 1.68. The lowest BCUT2D eigenvalue weighted by Gasteiger charge is -2.36. The summed E-state index contributed by atoms with van der Waals surface area (Å²) in [6.45, 7) is 13.5. The second kappa shape index (κ2) is 5.02. The van der Waals surface area contributed by atoms with Crippen molar-refractivity contribution < 1.29 is 9.47 Å². The first kappa shape index (κ1) is 13.3. The number of methoxy groups -OCH3 is 1. The average Bonchev–Trinajstić information content (AvgIpc) is 2.23. The van der Waals surface area contributed by atoms with Crippen LogP contribution in [0.25, 0.3) is 0 Å². The molecule has 0 saturated heterocycles. The molecule has 0 bridgehead atoms. The van der Waals surface area contributed by atoms with E-state index in [0.29, 0.717) is 17.9 Å². The van der Waals surface area contributed by atoms with Crippen molar-refractivity contribution >= 4 is 15.9 Å². The maximum atomic E-state index is 5.60. The maximum Gasteiger partial charge on any atom is 0.120 e. The highest BCUT2D eigenvalue weighted by Crippen LogP contribution is 2.37. The molecule has 0 radical (unpaired) electrons. The van der Waals surface area contributed by atoms with Crippen molar-refractivity contribution in [2.24, 2.45) is 0 Å². The molecule has 0 amide bonds. The number of hydrogen-bond donors (Lipinski definition) is 0. The van der Waals surface area contributed by atoms with Crippen LogP contribution in [0.3, 0.4) is 0 Å². The van der Waals surface area contributed by atoms with Crippen LogP contribution < -0.4 is 0 Å². The number of allylic oxidation sites excluding steroid dienone is 2. The fraction of sp³-hybridized carbons (Fsp3) is 0.385. The van der Waals surface area contributed by atoms with Gasteiger partial charge < -0.3 is 9.47 Å². The molecule has 0 fully saturated rings. The Morgan fingerprint density at radius 3 is 2.75 bits per heavy atom. The second-order valence-corrected chi connectivity index (χ2v) is 5.00. The molecule has 16 heavy (non-hydrogen) atoms. The Morgan fingerprint density at radius 2 is 2.25 bits per heavy atom. The fourth-order valence-electron chi connectivity index (χ4n) is 1.66. The summed E-state index contributed by atoms with van der Waals surface area (Å²) in [6, 6.07) is 0. The van der Waals surface area contributed by atoms with E-state index in [1.54, 1.807) is 13.2 Å². The summed E-state index contributed by atoms with van der Waals surface area (Å²) >= 11 is 3.61. The number of ether oxygens (including phenoxy) is 2. The monoisotopic (exact) mass is 284 g/mol. The molecule has 0 aliphatic carbocycles. The van der Waals surface area contributed by atoms with E-state index in [-0.39, 0.29) is 4.83 Å².